The van der Waals surface area contributed by atoms with E-state index in [1.54, 1.807) is 6.07 Å². The molecule has 1 aromatic rings. The first-order valence-electron chi connectivity index (χ1n) is 5.51. The molecule has 0 spiro atoms. The van der Waals surface area contributed by atoms with Gasteiger partial charge in [-0.3, -0.25) is 0 Å². The fourth-order valence-electron chi connectivity index (χ4n) is 1.26. The zero-order valence-electron chi connectivity index (χ0n) is 10.4. The third kappa shape index (κ3) is 4.90. The first kappa shape index (κ1) is 15.4. The van der Waals surface area contributed by atoms with Gasteiger partial charge in [0.15, 0.2) is 0 Å². The molecule has 0 atom stereocenters. The number of hydrogen-bond acceptors (Lipinski definition) is 4. The second-order valence-electron chi connectivity index (χ2n) is 3.50. The Morgan fingerprint density at radius 3 is 2.55 bits per heavy atom. The molecule has 20 heavy (non-hydrogen) atoms. The number of hydrogen-bond donors (Lipinski definition) is 0. The molecule has 0 aliphatic carbocycles. The average Bonchev–Trinajstić information content (AvgIpc) is 2.43. The van der Waals surface area contributed by atoms with Gasteiger partial charge >= 0.3 is 12.6 Å². The standard InChI is InChI=1S/C14H11F2NO3/c1-2-7-19-13(18)11(9-17)8-10-3-5-12(6-4-10)20-14(15)16/h2-6,8,14H,1,7H2/b11-8-. The van der Waals surface area contributed by atoms with Crippen LogP contribution in [0.25, 0.3) is 6.08 Å². The molecule has 0 N–H and O–H groups in total. The summed E-state index contributed by atoms with van der Waals surface area (Å²) in [5.74, 6) is -0.787. The number of halogens is 2. The number of carbonyl (C=O) groups excluding carboxylic acids is 1. The maximum Gasteiger partial charge on any atom is 0.387 e. The number of nitriles is 1. The van der Waals surface area contributed by atoms with Crippen molar-refractivity contribution in [1.82, 2.24) is 0 Å². The van der Waals surface area contributed by atoms with Gasteiger partial charge in [-0.2, -0.15) is 14.0 Å². The number of ether oxygens (including phenoxy) is 2. The minimum Gasteiger partial charge on any atom is -0.457 e. The van der Waals surface area contributed by atoms with Gasteiger partial charge < -0.3 is 9.47 Å². The van der Waals surface area contributed by atoms with Gasteiger partial charge in [0.1, 0.15) is 24.0 Å². The maximum atomic E-state index is 12.0. The van der Waals surface area contributed by atoms with Crippen LogP contribution in [0.15, 0.2) is 42.5 Å². The molecule has 0 saturated heterocycles. The molecule has 0 fully saturated rings. The zero-order valence-corrected chi connectivity index (χ0v) is 10.4. The van der Waals surface area contributed by atoms with Crippen LogP contribution in [0.4, 0.5) is 8.78 Å². The molecule has 4 nitrogen and oxygen atoms in total. The summed E-state index contributed by atoms with van der Waals surface area (Å²) in [6.45, 7) is 0.477. The number of alkyl halides is 2. The molecule has 0 saturated carbocycles. The summed E-state index contributed by atoms with van der Waals surface area (Å²) >= 11 is 0. The monoisotopic (exact) mass is 279 g/mol. The highest BCUT2D eigenvalue weighted by atomic mass is 19.3. The fourth-order valence-corrected chi connectivity index (χ4v) is 1.26. The zero-order chi connectivity index (χ0) is 15.0. The Morgan fingerprint density at radius 1 is 1.40 bits per heavy atom. The van der Waals surface area contributed by atoms with Gasteiger partial charge in [-0.1, -0.05) is 24.8 Å². The van der Waals surface area contributed by atoms with Crippen molar-refractivity contribution >= 4 is 12.0 Å². The lowest BCUT2D eigenvalue weighted by Gasteiger charge is -2.04. The van der Waals surface area contributed by atoms with Crippen molar-refractivity contribution < 1.29 is 23.0 Å². The molecular weight excluding hydrogens is 268 g/mol. The van der Waals surface area contributed by atoms with Gasteiger partial charge in [0, 0.05) is 0 Å². The molecule has 0 aliphatic rings. The van der Waals surface area contributed by atoms with Gasteiger partial charge in [0.05, 0.1) is 0 Å². The van der Waals surface area contributed by atoms with Crippen LogP contribution < -0.4 is 4.74 Å². The number of nitrogens with zero attached hydrogens (tertiary/aromatic N) is 1. The molecule has 104 valence electrons. The molecule has 0 bridgehead atoms. The number of esters is 1. The largest absolute Gasteiger partial charge is 0.457 e. The van der Waals surface area contributed by atoms with Crippen molar-refractivity contribution in [3.05, 3.63) is 48.1 Å². The van der Waals surface area contributed by atoms with Gasteiger partial charge in [-0.25, -0.2) is 4.79 Å². The molecule has 0 amide bonds. The van der Waals surface area contributed by atoms with Gasteiger partial charge in [0.2, 0.25) is 0 Å². The van der Waals surface area contributed by atoms with E-state index in [1.807, 2.05) is 0 Å². The van der Waals surface area contributed by atoms with Crippen molar-refractivity contribution in [2.45, 2.75) is 6.61 Å². The SMILES string of the molecule is C=CCOC(=O)/C(C#N)=C\c1ccc(OC(F)F)cc1. The Hall–Kier alpha value is -2.68. The summed E-state index contributed by atoms with van der Waals surface area (Å²) < 4.78 is 32.8. The van der Waals surface area contributed by atoms with Crippen LogP contribution in [0.1, 0.15) is 5.56 Å². The minimum atomic E-state index is -2.90. The van der Waals surface area contributed by atoms with Crippen molar-refractivity contribution in [2.75, 3.05) is 6.61 Å². The molecule has 0 radical (unpaired) electrons. The van der Waals surface area contributed by atoms with E-state index in [9.17, 15) is 13.6 Å². The Bertz CT molecular complexity index is 545. The summed E-state index contributed by atoms with van der Waals surface area (Å²) in [5.41, 5.74) is 0.285. The number of rotatable bonds is 6. The first-order chi connectivity index (χ1) is 9.56. The molecule has 0 aromatic heterocycles. The maximum absolute atomic E-state index is 12.0. The third-order valence-electron chi connectivity index (χ3n) is 2.09. The smallest absolute Gasteiger partial charge is 0.387 e. The highest BCUT2D eigenvalue weighted by Crippen LogP contribution is 2.16. The Kier molecular flexibility index (Phi) is 5.91. The van der Waals surface area contributed by atoms with Crippen molar-refractivity contribution in [1.29, 1.82) is 5.26 Å². The van der Waals surface area contributed by atoms with E-state index >= 15 is 0 Å². The lowest BCUT2D eigenvalue weighted by atomic mass is 10.1. The molecule has 0 aliphatic heterocycles. The van der Waals surface area contributed by atoms with Crippen molar-refractivity contribution in [3.8, 4) is 11.8 Å². The van der Waals surface area contributed by atoms with Crippen LogP contribution >= 0.6 is 0 Å². The highest BCUT2D eigenvalue weighted by molar-refractivity contribution is 5.97. The van der Waals surface area contributed by atoms with Gasteiger partial charge in [0.25, 0.3) is 0 Å². The Morgan fingerprint density at radius 2 is 2.05 bits per heavy atom. The Labute approximate surface area is 114 Å². The van der Waals surface area contributed by atoms with E-state index in [0.29, 0.717) is 5.56 Å². The summed E-state index contributed by atoms with van der Waals surface area (Å²) in [5, 5.41) is 8.86. The lowest BCUT2D eigenvalue weighted by Crippen LogP contribution is -2.06. The molecule has 1 rings (SSSR count). The van der Waals surface area contributed by atoms with Gasteiger partial charge in [-0.15, -0.1) is 0 Å². The number of benzene rings is 1. The normalized spacial score (nSPS) is 10.8. The van der Waals surface area contributed by atoms with Crippen molar-refractivity contribution in [2.24, 2.45) is 0 Å². The molecule has 0 unspecified atom stereocenters. The van der Waals surface area contributed by atoms with Crippen LogP contribution in [0.3, 0.4) is 0 Å². The highest BCUT2D eigenvalue weighted by Gasteiger charge is 2.10. The summed E-state index contributed by atoms with van der Waals surface area (Å²) in [6.07, 6.45) is 2.67. The average molecular weight is 279 g/mol. The third-order valence-corrected chi connectivity index (χ3v) is 2.09. The molecular formula is C14H11F2NO3. The van der Waals surface area contributed by atoms with E-state index in [4.69, 9.17) is 10.00 Å². The first-order valence-corrected chi connectivity index (χ1v) is 5.51. The van der Waals surface area contributed by atoms with Crippen LogP contribution in [-0.4, -0.2) is 19.2 Å². The summed E-state index contributed by atoms with van der Waals surface area (Å²) in [7, 11) is 0. The van der Waals surface area contributed by atoms with E-state index < -0.39 is 12.6 Å². The second kappa shape index (κ2) is 7.69. The van der Waals surface area contributed by atoms with E-state index in [-0.39, 0.29) is 17.9 Å². The molecule has 1 aromatic carbocycles. The van der Waals surface area contributed by atoms with Crippen molar-refractivity contribution in [3.63, 3.8) is 0 Å². The summed E-state index contributed by atoms with van der Waals surface area (Å²) in [4.78, 5) is 11.5. The van der Waals surface area contributed by atoms with E-state index in [0.717, 1.165) is 0 Å². The van der Waals surface area contributed by atoms with E-state index in [1.165, 1.54) is 36.4 Å². The van der Waals surface area contributed by atoms with Crippen LogP contribution in [-0.2, 0) is 9.53 Å². The minimum absolute atomic E-state index is 0.000973. The number of carbonyl (C=O) groups is 1. The fraction of sp³-hybridized carbons (Fsp3) is 0.143. The topological polar surface area (TPSA) is 59.3 Å². The lowest BCUT2D eigenvalue weighted by molar-refractivity contribution is -0.137. The van der Waals surface area contributed by atoms with E-state index in [2.05, 4.69) is 11.3 Å². The van der Waals surface area contributed by atoms with Crippen LogP contribution in [0, 0.1) is 11.3 Å². The predicted octanol–water partition coefficient (Wildman–Crippen LogP) is 2.92. The van der Waals surface area contributed by atoms with Crippen LogP contribution in [0.2, 0.25) is 0 Å². The Balaban J connectivity index is 2.83. The van der Waals surface area contributed by atoms with Gasteiger partial charge in [-0.05, 0) is 23.8 Å². The van der Waals surface area contributed by atoms with Crippen LogP contribution in [0.5, 0.6) is 5.75 Å². The quantitative estimate of drug-likeness (QED) is 0.348. The molecule has 6 heteroatoms. The summed E-state index contributed by atoms with van der Waals surface area (Å²) in [6, 6.07) is 7.20. The molecule has 0 heterocycles. The second-order valence-corrected chi connectivity index (χ2v) is 3.50. The predicted molar refractivity (Wildman–Crippen MR) is 67.8 cm³/mol.